The molecule has 0 aliphatic carbocycles. The molecule has 3 rings (SSSR count). The van der Waals surface area contributed by atoms with Crippen LogP contribution in [0.2, 0.25) is 0 Å². The van der Waals surface area contributed by atoms with Crippen LogP contribution in [0.15, 0.2) is 48.5 Å². The van der Waals surface area contributed by atoms with E-state index in [1.165, 1.54) is 0 Å². The van der Waals surface area contributed by atoms with E-state index in [1.54, 1.807) is 62.4 Å². The summed E-state index contributed by atoms with van der Waals surface area (Å²) < 4.78 is 10.8. The summed E-state index contributed by atoms with van der Waals surface area (Å²) in [4.78, 5) is 25.8. The lowest BCUT2D eigenvalue weighted by Crippen LogP contribution is -2.56. The van der Waals surface area contributed by atoms with E-state index >= 15 is 0 Å². The van der Waals surface area contributed by atoms with Crippen LogP contribution in [0.4, 0.5) is 11.4 Å². The standard InChI is InChI=1S/C20H22N2O4/c1-19(2)25-17(23)20(18(24)26-19,11-13-3-7-15(21)8-4-13)12-14-5-9-16(22)10-6-14/h3-10H,11-12,21-22H2,1-2H3. The number of nitrogen functional groups attached to an aromatic ring is 2. The van der Waals surface area contributed by atoms with Gasteiger partial charge in [0.15, 0.2) is 5.41 Å². The number of hydrogen-bond acceptors (Lipinski definition) is 6. The molecule has 4 N–H and O–H groups in total. The van der Waals surface area contributed by atoms with Crippen LogP contribution in [0.5, 0.6) is 0 Å². The topological polar surface area (TPSA) is 105 Å². The molecule has 1 aliphatic rings. The summed E-state index contributed by atoms with van der Waals surface area (Å²) in [5, 5.41) is 0. The molecule has 0 atom stereocenters. The number of anilines is 2. The van der Waals surface area contributed by atoms with Gasteiger partial charge in [-0.15, -0.1) is 0 Å². The molecule has 1 aliphatic heterocycles. The SMILES string of the molecule is CC1(C)OC(=O)C(Cc2ccc(N)cc2)(Cc2ccc(N)cc2)C(=O)O1. The van der Waals surface area contributed by atoms with Gasteiger partial charge in [0, 0.05) is 25.2 Å². The lowest BCUT2D eigenvalue weighted by Gasteiger charge is -2.40. The van der Waals surface area contributed by atoms with Gasteiger partial charge in [-0.2, -0.15) is 0 Å². The maximum Gasteiger partial charge on any atom is 0.327 e. The number of carbonyl (C=O) groups is 2. The van der Waals surface area contributed by atoms with Gasteiger partial charge in [0.05, 0.1) is 0 Å². The molecule has 0 saturated carbocycles. The van der Waals surface area contributed by atoms with Crippen LogP contribution in [0.3, 0.4) is 0 Å². The Morgan fingerprint density at radius 1 is 0.731 bits per heavy atom. The molecule has 6 nitrogen and oxygen atoms in total. The lowest BCUT2D eigenvalue weighted by molar-refractivity contribution is -0.251. The first-order valence-corrected chi connectivity index (χ1v) is 8.36. The monoisotopic (exact) mass is 354 g/mol. The fourth-order valence-electron chi connectivity index (χ4n) is 3.07. The van der Waals surface area contributed by atoms with Crippen LogP contribution >= 0.6 is 0 Å². The van der Waals surface area contributed by atoms with Crippen molar-refractivity contribution in [1.29, 1.82) is 0 Å². The molecule has 0 amide bonds. The Balaban J connectivity index is 2.00. The van der Waals surface area contributed by atoms with Crippen LogP contribution in [0, 0.1) is 5.41 Å². The Morgan fingerprint density at radius 2 is 1.08 bits per heavy atom. The van der Waals surface area contributed by atoms with E-state index in [0.717, 1.165) is 11.1 Å². The minimum absolute atomic E-state index is 0.158. The molecule has 0 radical (unpaired) electrons. The highest BCUT2D eigenvalue weighted by molar-refractivity contribution is 6.02. The lowest BCUT2D eigenvalue weighted by atomic mass is 9.75. The highest BCUT2D eigenvalue weighted by Crippen LogP contribution is 2.38. The minimum Gasteiger partial charge on any atom is -0.422 e. The number of cyclic esters (lactones) is 2. The molecular formula is C20H22N2O4. The van der Waals surface area contributed by atoms with Crippen molar-refractivity contribution in [3.63, 3.8) is 0 Å². The molecule has 1 saturated heterocycles. The summed E-state index contributed by atoms with van der Waals surface area (Å²) in [6, 6.07) is 14.1. The van der Waals surface area contributed by atoms with Gasteiger partial charge in [0.2, 0.25) is 0 Å². The predicted molar refractivity (Wildman–Crippen MR) is 97.8 cm³/mol. The number of esters is 2. The Labute approximate surface area is 152 Å². The average Bonchev–Trinajstić information content (AvgIpc) is 2.56. The third-order valence-corrected chi connectivity index (χ3v) is 4.43. The van der Waals surface area contributed by atoms with Crippen molar-refractivity contribution in [2.24, 2.45) is 5.41 Å². The number of nitrogens with two attached hydrogens (primary N) is 2. The summed E-state index contributed by atoms with van der Waals surface area (Å²) >= 11 is 0. The van der Waals surface area contributed by atoms with Crippen molar-refractivity contribution in [1.82, 2.24) is 0 Å². The van der Waals surface area contributed by atoms with Crippen molar-refractivity contribution >= 4 is 23.3 Å². The number of hydrogen-bond donors (Lipinski definition) is 2. The Morgan fingerprint density at radius 3 is 1.42 bits per heavy atom. The van der Waals surface area contributed by atoms with Crippen molar-refractivity contribution in [3.8, 4) is 0 Å². The Hall–Kier alpha value is -3.02. The van der Waals surface area contributed by atoms with Gasteiger partial charge < -0.3 is 20.9 Å². The Kier molecular flexibility index (Phi) is 4.36. The second-order valence-corrected chi connectivity index (χ2v) is 7.10. The molecule has 2 aromatic rings. The maximum atomic E-state index is 12.9. The molecule has 0 bridgehead atoms. The molecule has 2 aromatic carbocycles. The average molecular weight is 354 g/mol. The number of carbonyl (C=O) groups excluding carboxylic acids is 2. The van der Waals surface area contributed by atoms with E-state index in [9.17, 15) is 9.59 Å². The van der Waals surface area contributed by atoms with Gasteiger partial charge in [-0.05, 0) is 48.2 Å². The summed E-state index contributed by atoms with van der Waals surface area (Å²) in [7, 11) is 0. The number of ether oxygens (including phenoxy) is 2. The van der Waals surface area contributed by atoms with Crippen molar-refractivity contribution in [2.45, 2.75) is 32.5 Å². The minimum atomic E-state index is -1.46. The van der Waals surface area contributed by atoms with E-state index in [2.05, 4.69) is 0 Å². The second kappa shape index (κ2) is 6.37. The largest absolute Gasteiger partial charge is 0.422 e. The summed E-state index contributed by atoms with van der Waals surface area (Å²) in [6.45, 7) is 3.08. The molecule has 6 heteroatoms. The fraction of sp³-hybridized carbons (Fsp3) is 0.300. The van der Waals surface area contributed by atoms with Crippen molar-refractivity contribution in [2.75, 3.05) is 11.5 Å². The molecule has 136 valence electrons. The quantitative estimate of drug-likeness (QED) is 0.496. The van der Waals surface area contributed by atoms with Gasteiger partial charge in [-0.3, -0.25) is 9.59 Å². The first kappa shape index (κ1) is 17.8. The number of rotatable bonds is 4. The van der Waals surface area contributed by atoms with Gasteiger partial charge >= 0.3 is 11.9 Å². The Bertz CT molecular complexity index is 756. The van der Waals surface area contributed by atoms with Crippen molar-refractivity contribution < 1.29 is 19.1 Å². The van der Waals surface area contributed by atoms with E-state index in [4.69, 9.17) is 20.9 Å². The fourth-order valence-corrected chi connectivity index (χ4v) is 3.07. The van der Waals surface area contributed by atoms with Crippen molar-refractivity contribution in [3.05, 3.63) is 59.7 Å². The summed E-state index contributed by atoms with van der Waals surface area (Å²) in [6.07, 6.45) is 0.316. The van der Waals surface area contributed by atoms with Gasteiger partial charge in [-0.25, -0.2) is 0 Å². The third-order valence-electron chi connectivity index (χ3n) is 4.43. The third kappa shape index (κ3) is 3.49. The molecular weight excluding hydrogens is 332 g/mol. The zero-order chi connectivity index (χ0) is 18.9. The van der Waals surface area contributed by atoms with Gasteiger partial charge in [-0.1, -0.05) is 24.3 Å². The van der Waals surface area contributed by atoms with Crippen LogP contribution in [0.1, 0.15) is 25.0 Å². The van der Waals surface area contributed by atoms with Crippen LogP contribution in [-0.4, -0.2) is 17.7 Å². The molecule has 0 aromatic heterocycles. The highest BCUT2D eigenvalue weighted by Gasteiger charge is 2.56. The molecule has 1 heterocycles. The first-order valence-electron chi connectivity index (χ1n) is 8.36. The first-order chi connectivity index (χ1) is 12.2. The highest BCUT2D eigenvalue weighted by atomic mass is 16.7. The smallest absolute Gasteiger partial charge is 0.327 e. The van der Waals surface area contributed by atoms with Gasteiger partial charge in [0.1, 0.15) is 0 Å². The molecule has 26 heavy (non-hydrogen) atoms. The van der Waals surface area contributed by atoms with Crippen LogP contribution in [-0.2, 0) is 31.9 Å². The summed E-state index contributed by atoms with van der Waals surface area (Å²) in [5.74, 6) is -2.46. The normalized spacial score (nSPS) is 18.1. The number of benzene rings is 2. The second-order valence-electron chi connectivity index (χ2n) is 7.10. The predicted octanol–water partition coefficient (Wildman–Crippen LogP) is 2.46. The van der Waals surface area contributed by atoms with E-state index in [-0.39, 0.29) is 12.8 Å². The molecule has 1 fully saturated rings. The van der Waals surface area contributed by atoms with Crippen LogP contribution < -0.4 is 11.5 Å². The van der Waals surface area contributed by atoms with E-state index < -0.39 is 23.1 Å². The van der Waals surface area contributed by atoms with E-state index in [1.807, 2.05) is 0 Å². The maximum absolute atomic E-state index is 12.9. The summed E-state index contributed by atoms with van der Waals surface area (Å²) in [5.41, 5.74) is 12.8. The van der Waals surface area contributed by atoms with Crippen LogP contribution in [0.25, 0.3) is 0 Å². The molecule has 0 spiro atoms. The van der Waals surface area contributed by atoms with Gasteiger partial charge in [0.25, 0.3) is 5.79 Å². The zero-order valence-corrected chi connectivity index (χ0v) is 14.8. The van der Waals surface area contributed by atoms with E-state index in [0.29, 0.717) is 11.4 Å². The zero-order valence-electron chi connectivity index (χ0n) is 14.8. The molecule has 0 unspecified atom stereocenters.